The minimum absolute atomic E-state index is 0.0128. The molecule has 122 valence electrons. The van der Waals surface area contributed by atoms with E-state index in [1.807, 2.05) is 4.90 Å². The van der Waals surface area contributed by atoms with Crippen LogP contribution in [0.15, 0.2) is 0 Å². The molecule has 3 aliphatic rings. The molecule has 22 heavy (non-hydrogen) atoms. The second kappa shape index (κ2) is 6.89. The number of rotatable bonds is 2. The second-order valence-electron chi connectivity index (χ2n) is 6.32. The summed E-state index contributed by atoms with van der Waals surface area (Å²) in [5.41, 5.74) is 0. The Labute approximate surface area is 135 Å². The van der Waals surface area contributed by atoms with Crippen LogP contribution in [-0.4, -0.2) is 57.9 Å². The molecule has 1 aliphatic carbocycles. The summed E-state index contributed by atoms with van der Waals surface area (Å²) in [7, 11) is 0. The standard InChI is InChI=1S/C15H23N3O3S/c19-13-10-22-15(21)18(13)12-6-8-17(9-7-12)14(20)16-11-4-2-1-3-5-11/h11-12H,1-10H2,(H,16,20). The molecule has 0 aromatic rings. The van der Waals surface area contributed by atoms with Crippen molar-refractivity contribution in [3.05, 3.63) is 0 Å². The lowest BCUT2D eigenvalue weighted by Crippen LogP contribution is -2.52. The van der Waals surface area contributed by atoms with Gasteiger partial charge in [0.25, 0.3) is 5.24 Å². The van der Waals surface area contributed by atoms with Crippen LogP contribution >= 0.6 is 11.8 Å². The van der Waals surface area contributed by atoms with E-state index >= 15 is 0 Å². The predicted octanol–water partition coefficient (Wildman–Crippen LogP) is 2.19. The van der Waals surface area contributed by atoms with Gasteiger partial charge in [-0.3, -0.25) is 14.5 Å². The number of nitrogens with zero attached hydrogens (tertiary/aromatic N) is 2. The van der Waals surface area contributed by atoms with Crippen LogP contribution in [0.4, 0.5) is 9.59 Å². The fourth-order valence-electron chi connectivity index (χ4n) is 3.56. The molecule has 0 spiro atoms. The Hall–Kier alpha value is -1.24. The van der Waals surface area contributed by atoms with Crippen LogP contribution in [-0.2, 0) is 4.79 Å². The maximum absolute atomic E-state index is 12.3. The van der Waals surface area contributed by atoms with Gasteiger partial charge in [-0.05, 0) is 25.7 Å². The van der Waals surface area contributed by atoms with E-state index < -0.39 is 0 Å². The maximum atomic E-state index is 12.3. The van der Waals surface area contributed by atoms with E-state index in [9.17, 15) is 14.4 Å². The zero-order valence-electron chi connectivity index (χ0n) is 12.8. The Morgan fingerprint density at radius 2 is 1.73 bits per heavy atom. The summed E-state index contributed by atoms with van der Waals surface area (Å²) in [4.78, 5) is 39.0. The summed E-state index contributed by atoms with van der Waals surface area (Å²) in [5, 5.41) is 3.00. The predicted molar refractivity (Wildman–Crippen MR) is 84.7 cm³/mol. The molecule has 0 bridgehead atoms. The molecule has 7 heteroatoms. The van der Waals surface area contributed by atoms with Crippen molar-refractivity contribution in [1.82, 2.24) is 15.1 Å². The third-order valence-electron chi connectivity index (χ3n) is 4.83. The van der Waals surface area contributed by atoms with Gasteiger partial charge in [0.15, 0.2) is 0 Å². The number of urea groups is 1. The summed E-state index contributed by atoms with van der Waals surface area (Å²) < 4.78 is 0. The van der Waals surface area contributed by atoms with Crippen LogP contribution in [0.25, 0.3) is 0 Å². The Morgan fingerprint density at radius 3 is 2.32 bits per heavy atom. The monoisotopic (exact) mass is 325 g/mol. The highest BCUT2D eigenvalue weighted by Gasteiger charge is 2.38. The summed E-state index contributed by atoms with van der Waals surface area (Å²) in [6, 6.07) is 0.296. The Balaban J connectivity index is 1.47. The molecule has 0 radical (unpaired) electrons. The average molecular weight is 325 g/mol. The van der Waals surface area contributed by atoms with E-state index in [1.165, 1.54) is 24.2 Å². The van der Waals surface area contributed by atoms with Gasteiger partial charge < -0.3 is 10.2 Å². The Bertz CT molecular complexity index is 441. The minimum Gasteiger partial charge on any atom is -0.335 e. The highest BCUT2D eigenvalue weighted by Crippen LogP contribution is 2.26. The molecule has 2 heterocycles. The number of thioether (sulfide) groups is 1. The fourth-order valence-corrected chi connectivity index (χ4v) is 4.33. The van der Waals surface area contributed by atoms with Crippen molar-refractivity contribution < 1.29 is 14.4 Å². The molecule has 0 aromatic carbocycles. The van der Waals surface area contributed by atoms with E-state index in [-0.39, 0.29) is 29.0 Å². The Kier molecular flexibility index (Phi) is 4.90. The zero-order valence-corrected chi connectivity index (χ0v) is 13.6. The molecule has 2 aliphatic heterocycles. The van der Waals surface area contributed by atoms with Crippen LogP contribution < -0.4 is 5.32 Å². The molecule has 1 N–H and O–H groups in total. The van der Waals surface area contributed by atoms with E-state index in [0.29, 0.717) is 32.0 Å². The van der Waals surface area contributed by atoms with Gasteiger partial charge in [-0.1, -0.05) is 31.0 Å². The molecule has 6 nitrogen and oxygen atoms in total. The van der Waals surface area contributed by atoms with Crippen molar-refractivity contribution in [1.29, 1.82) is 0 Å². The van der Waals surface area contributed by atoms with E-state index in [4.69, 9.17) is 0 Å². The molecular formula is C15H23N3O3S. The SMILES string of the molecule is O=C(NC1CCCCC1)N1CCC(N2C(=O)CSC2=O)CC1. The smallest absolute Gasteiger partial charge is 0.317 e. The second-order valence-corrected chi connectivity index (χ2v) is 7.25. The van der Waals surface area contributed by atoms with Gasteiger partial charge in [0.05, 0.1) is 5.75 Å². The first-order chi connectivity index (χ1) is 10.6. The van der Waals surface area contributed by atoms with E-state index in [0.717, 1.165) is 24.6 Å². The molecule has 3 fully saturated rings. The first-order valence-corrected chi connectivity index (χ1v) is 9.18. The molecule has 3 rings (SSSR count). The quantitative estimate of drug-likeness (QED) is 0.845. The first kappa shape index (κ1) is 15.6. The van der Waals surface area contributed by atoms with Crippen LogP contribution in [0.1, 0.15) is 44.9 Å². The first-order valence-electron chi connectivity index (χ1n) is 8.19. The van der Waals surface area contributed by atoms with Gasteiger partial charge >= 0.3 is 6.03 Å². The van der Waals surface area contributed by atoms with Crippen LogP contribution in [0, 0.1) is 0 Å². The third kappa shape index (κ3) is 3.39. The van der Waals surface area contributed by atoms with Crippen molar-refractivity contribution in [3.63, 3.8) is 0 Å². The van der Waals surface area contributed by atoms with Gasteiger partial charge in [-0.15, -0.1) is 0 Å². The largest absolute Gasteiger partial charge is 0.335 e. The van der Waals surface area contributed by atoms with Gasteiger partial charge in [-0.2, -0.15) is 0 Å². The summed E-state index contributed by atoms with van der Waals surface area (Å²) in [6.45, 7) is 1.23. The number of piperidine rings is 1. The normalized spacial score (nSPS) is 24.9. The molecule has 0 aromatic heterocycles. The third-order valence-corrected chi connectivity index (χ3v) is 5.67. The van der Waals surface area contributed by atoms with Crippen molar-refractivity contribution >= 4 is 28.9 Å². The van der Waals surface area contributed by atoms with Gasteiger partial charge in [0.1, 0.15) is 0 Å². The lowest BCUT2D eigenvalue weighted by Gasteiger charge is -2.36. The molecular weight excluding hydrogens is 302 g/mol. The molecule has 2 saturated heterocycles. The number of imide groups is 1. The highest BCUT2D eigenvalue weighted by molar-refractivity contribution is 8.14. The lowest BCUT2D eigenvalue weighted by molar-refractivity contribution is -0.126. The van der Waals surface area contributed by atoms with Crippen molar-refractivity contribution in [2.45, 2.75) is 57.0 Å². The van der Waals surface area contributed by atoms with Gasteiger partial charge in [0, 0.05) is 25.2 Å². The van der Waals surface area contributed by atoms with Crippen molar-refractivity contribution in [2.24, 2.45) is 0 Å². The number of nitrogens with one attached hydrogen (secondary N) is 1. The zero-order chi connectivity index (χ0) is 15.5. The average Bonchev–Trinajstić information content (AvgIpc) is 2.87. The van der Waals surface area contributed by atoms with Crippen LogP contribution in [0.2, 0.25) is 0 Å². The van der Waals surface area contributed by atoms with Gasteiger partial charge in [0.2, 0.25) is 5.91 Å². The van der Waals surface area contributed by atoms with E-state index in [2.05, 4.69) is 5.32 Å². The fraction of sp³-hybridized carbons (Fsp3) is 0.800. The number of hydrogen-bond acceptors (Lipinski definition) is 4. The summed E-state index contributed by atoms with van der Waals surface area (Å²) in [5.74, 6) is 0.182. The van der Waals surface area contributed by atoms with Crippen molar-refractivity contribution in [2.75, 3.05) is 18.8 Å². The van der Waals surface area contributed by atoms with Crippen LogP contribution in [0.3, 0.4) is 0 Å². The minimum atomic E-state index is -0.130. The Morgan fingerprint density at radius 1 is 1.05 bits per heavy atom. The number of likely N-dealkylation sites (tertiary alicyclic amines) is 1. The van der Waals surface area contributed by atoms with Crippen LogP contribution in [0.5, 0.6) is 0 Å². The number of hydrogen-bond donors (Lipinski definition) is 1. The summed E-state index contributed by atoms with van der Waals surface area (Å²) in [6.07, 6.45) is 7.21. The van der Waals surface area contributed by atoms with E-state index in [1.54, 1.807) is 0 Å². The number of carbonyl (C=O) groups excluding carboxylic acids is 3. The molecule has 0 atom stereocenters. The van der Waals surface area contributed by atoms with Gasteiger partial charge in [-0.25, -0.2) is 4.79 Å². The number of amides is 4. The number of carbonyl (C=O) groups is 3. The molecule has 1 saturated carbocycles. The summed E-state index contributed by atoms with van der Waals surface area (Å²) >= 11 is 1.08. The lowest BCUT2D eigenvalue weighted by atomic mass is 9.95. The molecule has 4 amide bonds. The topological polar surface area (TPSA) is 69.7 Å². The maximum Gasteiger partial charge on any atom is 0.317 e. The highest BCUT2D eigenvalue weighted by atomic mass is 32.2. The van der Waals surface area contributed by atoms with Crippen molar-refractivity contribution in [3.8, 4) is 0 Å². The molecule has 0 unspecified atom stereocenters.